The highest BCUT2D eigenvalue weighted by atomic mass is 16.6. The SMILES string of the molecule is COC[C@H]1CC[C@@H](c2ccccc2)N1C(=O)OC(C)(C)C. The molecule has 1 amide bonds. The van der Waals surface area contributed by atoms with Gasteiger partial charge in [-0.25, -0.2) is 4.79 Å². The zero-order chi connectivity index (χ0) is 15.5. The minimum absolute atomic E-state index is 0.0706. The fourth-order valence-electron chi connectivity index (χ4n) is 2.83. The highest BCUT2D eigenvalue weighted by Crippen LogP contribution is 2.37. The summed E-state index contributed by atoms with van der Waals surface area (Å²) in [5, 5.41) is 0. The van der Waals surface area contributed by atoms with Crippen LogP contribution in [0.5, 0.6) is 0 Å². The van der Waals surface area contributed by atoms with Gasteiger partial charge in [0, 0.05) is 7.11 Å². The molecule has 0 saturated carbocycles. The molecule has 1 aromatic carbocycles. The molecule has 0 spiro atoms. The Labute approximate surface area is 127 Å². The summed E-state index contributed by atoms with van der Waals surface area (Å²) in [4.78, 5) is 14.4. The van der Waals surface area contributed by atoms with E-state index in [-0.39, 0.29) is 18.2 Å². The van der Waals surface area contributed by atoms with Crippen LogP contribution in [0.1, 0.15) is 45.2 Å². The fourth-order valence-corrected chi connectivity index (χ4v) is 2.83. The van der Waals surface area contributed by atoms with Crippen LogP contribution in [0.4, 0.5) is 4.79 Å². The molecule has 1 heterocycles. The fraction of sp³-hybridized carbons (Fsp3) is 0.588. The number of methoxy groups -OCH3 is 1. The van der Waals surface area contributed by atoms with Gasteiger partial charge in [0.15, 0.2) is 0 Å². The van der Waals surface area contributed by atoms with Crippen LogP contribution in [-0.2, 0) is 9.47 Å². The third kappa shape index (κ3) is 3.97. The first kappa shape index (κ1) is 15.8. The van der Waals surface area contributed by atoms with Gasteiger partial charge in [0.25, 0.3) is 0 Å². The number of amides is 1. The van der Waals surface area contributed by atoms with E-state index in [1.165, 1.54) is 0 Å². The Morgan fingerprint density at radius 2 is 1.90 bits per heavy atom. The molecule has 0 aliphatic carbocycles. The number of likely N-dealkylation sites (tertiary alicyclic amines) is 1. The maximum absolute atomic E-state index is 12.6. The maximum Gasteiger partial charge on any atom is 0.411 e. The van der Waals surface area contributed by atoms with Crippen molar-refractivity contribution in [2.75, 3.05) is 13.7 Å². The normalized spacial score (nSPS) is 22.4. The molecule has 116 valence electrons. The third-order valence-corrected chi connectivity index (χ3v) is 3.65. The zero-order valence-electron chi connectivity index (χ0n) is 13.3. The number of nitrogens with zero attached hydrogens (tertiary/aromatic N) is 1. The van der Waals surface area contributed by atoms with Gasteiger partial charge in [-0.2, -0.15) is 0 Å². The molecule has 0 bridgehead atoms. The molecular formula is C17H25NO3. The summed E-state index contributed by atoms with van der Waals surface area (Å²) in [6.45, 7) is 6.22. The molecule has 4 nitrogen and oxygen atoms in total. The van der Waals surface area contributed by atoms with Gasteiger partial charge >= 0.3 is 6.09 Å². The average molecular weight is 291 g/mol. The van der Waals surface area contributed by atoms with E-state index in [9.17, 15) is 4.79 Å². The Morgan fingerprint density at radius 3 is 2.48 bits per heavy atom. The van der Waals surface area contributed by atoms with E-state index in [0.29, 0.717) is 6.61 Å². The molecule has 21 heavy (non-hydrogen) atoms. The van der Waals surface area contributed by atoms with E-state index in [4.69, 9.17) is 9.47 Å². The lowest BCUT2D eigenvalue weighted by molar-refractivity contribution is 0.00575. The lowest BCUT2D eigenvalue weighted by Gasteiger charge is -2.32. The summed E-state index contributed by atoms with van der Waals surface area (Å²) in [6.07, 6.45) is 1.63. The van der Waals surface area contributed by atoms with Gasteiger partial charge in [-0.1, -0.05) is 30.3 Å². The molecule has 2 rings (SSSR count). The molecule has 1 aromatic rings. The molecule has 0 N–H and O–H groups in total. The van der Waals surface area contributed by atoms with Crippen LogP contribution in [0, 0.1) is 0 Å². The van der Waals surface area contributed by atoms with Crippen molar-refractivity contribution in [3.63, 3.8) is 0 Å². The molecule has 0 aromatic heterocycles. The maximum atomic E-state index is 12.6. The largest absolute Gasteiger partial charge is 0.444 e. The molecule has 2 atom stereocenters. The number of carbonyl (C=O) groups is 1. The number of ether oxygens (including phenoxy) is 2. The van der Waals surface area contributed by atoms with Crippen LogP contribution >= 0.6 is 0 Å². The average Bonchev–Trinajstić information content (AvgIpc) is 2.82. The van der Waals surface area contributed by atoms with Crippen LogP contribution in [0.2, 0.25) is 0 Å². The Balaban J connectivity index is 2.22. The summed E-state index contributed by atoms with van der Waals surface area (Å²) in [5.41, 5.74) is 0.667. The zero-order valence-corrected chi connectivity index (χ0v) is 13.3. The second kappa shape index (κ2) is 6.48. The van der Waals surface area contributed by atoms with Crippen LogP contribution < -0.4 is 0 Å². The van der Waals surface area contributed by atoms with Crippen LogP contribution in [0.15, 0.2) is 30.3 Å². The Bertz CT molecular complexity index is 467. The summed E-state index contributed by atoms with van der Waals surface area (Å²) in [6, 6.07) is 10.3. The Morgan fingerprint density at radius 1 is 1.24 bits per heavy atom. The minimum Gasteiger partial charge on any atom is -0.444 e. The van der Waals surface area contributed by atoms with Crippen molar-refractivity contribution < 1.29 is 14.3 Å². The number of carbonyl (C=O) groups excluding carboxylic acids is 1. The van der Waals surface area contributed by atoms with Crippen LogP contribution in [0.25, 0.3) is 0 Å². The highest BCUT2D eigenvalue weighted by molar-refractivity contribution is 5.70. The lowest BCUT2D eigenvalue weighted by Crippen LogP contribution is -2.42. The monoisotopic (exact) mass is 291 g/mol. The number of rotatable bonds is 3. The van der Waals surface area contributed by atoms with E-state index in [1.807, 2.05) is 43.9 Å². The molecular weight excluding hydrogens is 266 g/mol. The van der Waals surface area contributed by atoms with Crippen molar-refractivity contribution in [3.8, 4) is 0 Å². The smallest absolute Gasteiger partial charge is 0.411 e. The molecule has 1 fully saturated rings. The second-order valence-corrected chi connectivity index (χ2v) is 6.50. The Hall–Kier alpha value is -1.55. The molecule has 4 heteroatoms. The van der Waals surface area contributed by atoms with Crippen molar-refractivity contribution in [3.05, 3.63) is 35.9 Å². The van der Waals surface area contributed by atoms with Gasteiger partial charge in [-0.05, 0) is 39.2 Å². The highest BCUT2D eigenvalue weighted by Gasteiger charge is 2.39. The van der Waals surface area contributed by atoms with Crippen LogP contribution in [0.3, 0.4) is 0 Å². The summed E-state index contributed by atoms with van der Waals surface area (Å²) in [7, 11) is 1.67. The first-order valence-electron chi connectivity index (χ1n) is 7.47. The van der Waals surface area contributed by atoms with Crippen molar-refractivity contribution in [1.82, 2.24) is 4.90 Å². The van der Waals surface area contributed by atoms with Gasteiger partial charge in [-0.15, -0.1) is 0 Å². The molecule has 0 unspecified atom stereocenters. The van der Waals surface area contributed by atoms with Gasteiger partial charge in [-0.3, -0.25) is 4.90 Å². The first-order chi connectivity index (χ1) is 9.92. The minimum atomic E-state index is -0.488. The lowest BCUT2D eigenvalue weighted by atomic mass is 10.1. The van der Waals surface area contributed by atoms with Gasteiger partial charge < -0.3 is 9.47 Å². The predicted molar refractivity (Wildman–Crippen MR) is 82.2 cm³/mol. The summed E-state index contributed by atoms with van der Waals surface area (Å²) < 4.78 is 10.9. The Kier molecular flexibility index (Phi) is 4.88. The number of hydrogen-bond acceptors (Lipinski definition) is 3. The molecule has 1 aliphatic rings. The first-order valence-corrected chi connectivity index (χ1v) is 7.47. The van der Waals surface area contributed by atoms with Gasteiger partial charge in [0.1, 0.15) is 5.60 Å². The van der Waals surface area contributed by atoms with Gasteiger partial charge in [0.2, 0.25) is 0 Å². The van der Waals surface area contributed by atoms with E-state index in [2.05, 4.69) is 12.1 Å². The van der Waals surface area contributed by atoms with E-state index < -0.39 is 5.60 Å². The van der Waals surface area contributed by atoms with Crippen molar-refractivity contribution in [2.24, 2.45) is 0 Å². The quantitative estimate of drug-likeness (QED) is 0.851. The van der Waals surface area contributed by atoms with Crippen molar-refractivity contribution in [1.29, 1.82) is 0 Å². The van der Waals surface area contributed by atoms with Gasteiger partial charge in [0.05, 0.1) is 18.7 Å². The van der Waals surface area contributed by atoms with E-state index in [1.54, 1.807) is 7.11 Å². The summed E-state index contributed by atoms with van der Waals surface area (Å²) in [5.74, 6) is 0. The standard InChI is InChI=1S/C17H25NO3/c1-17(2,3)21-16(19)18-14(12-20-4)10-11-15(18)13-8-6-5-7-9-13/h5-9,14-15H,10-12H2,1-4H3/t14-,15+/m1/s1. The number of hydrogen-bond donors (Lipinski definition) is 0. The summed E-state index contributed by atoms with van der Waals surface area (Å²) >= 11 is 0. The van der Waals surface area contributed by atoms with Crippen molar-refractivity contribution in [2.45, 2.75) is 51.3 Å². The predicted octanol–water partition coefficient (Wildman–Crippen LogP) is 3.77. The van der Waals surface area contributed by atoms with E-state index in [0.717, 1.165) is 18.4 Å². The van der Waals surface area contributed by atoms with Crippen LogP contribution in [-0.4, -0.2) is 36.4 Å². The van der Waals surface area contributed by atoms with E-state index >= 15 is 0 Å². The third-order valence-electron chi connectivity index (χ3n) is 3.65. The van der Waals surface area contributed by atoms with Crippen molar-refractivity contribution >= 4 is 6.09 Å². The molecule has 0 radical (unpaired) electrons. The second-order valence-electron chi connectivity index (χ2n) is 6.50. The topological polar surface area (TPSA) is 38.8 Å². The molecule has 1 saturated heterocycles. The molecule has 1 aliphatic heterocycles. The number of benzene rings is 1.